The van der Waals surface area contributed by atoms with Crippen molar-refractivity contribution in [3.05, 3.63) is 28.2 Å². The number of fused-ring (bicyclic) bond motifs is 1. The fraction of sp³-hybridized carbons (Fsp3) is 0.538. The maximum atomic E-state index is 6.20. The van der Waals surface area contributed by atoms with E-state index in [-0.39, 0.29) is 12.1 Å². The maximum absolute atomic E-state index is 6.20. The number of ether oxygens (including phenoxy) is 1. The van der Waals surface area contributed by atoms with Crippen molar-refractivity contribution in [1.82, 2.24) is 0 Å². The van der Waals surface area contributed by atoms with Gasteiger partial charge in [-0.2, -0.15) is 11.8 Å². The van der Waals surface area contributed by atoms with Crippen LogP contribution in [-0.4, -0.2) is 17.6 Å². The molecular weight excluding hydrogens is 298 g/mol. The number of hydrogen-bond acceptors (Lipinski definition) is 3. The van der Waals surface area contributed by atoms with Gasteiger partial charge in [0.1, 0.15) is 11.9 Å². The second-order valence-corrected chi connectivity index (χ2v) is 6.56. The average molecular weight is 316 g/mol. The second-order valence-electron chi connectivity index (χ2n) is 4.25. The fourth-order valence-corrected chi connectivity index (χ4v) is 3.19. The van der Waals surface area contributed by atoms with Crippen LogP contribution in [0.5, 0.6) is 5.75 Å². The zero-order chi connectivity index (χ0) is 12.3. The molecule has 0 bridgehead atoms. The first-order valence-corrected chi connectivity index (χ1v) is 7.95. The number of halogens is 1. The molecule has 0 fully saturated rings. The molecule has 1 aromatic carbocycles. The van der Waals surface area contributed by atoms with Crippen LogP contribution in [0.3, 0.4) is 0 Å². The minimum absolute atomic E-state index is 0.105. The minimum atomic E-state index is 0.105. The van der Waals surface area contributed by atoms with Crippen LogP contribution in [0.4, 0.5) is 0 Å². The molecule has 1 aromatic rings. The highest BCUT2D eigenvalue weighted by atomic mass is 79.9. The van der Waals surface area contributed by atoms with Crippen LogP contribution in [0.2, 0.25) is 0 Å². The van der Waals surface area contributed by atoms with Gasteiger partial charge in [0.15, 0.2) is 0 Å². The smallest absolute Gasteiger partial charge is 0.124 e. The molecule has 1 heterocycles. The van der Waals surface area contributed by atoms with Gasteiger partial charge < -0.3 is 10.5 Å². The van der Waals surface area contributed by atoms with E-state index < -0.39 is 0 Å². The number of rotatable bonds is 4. The SMILES string of the molecule is CCSCCC1CC(N)c2cc(Br)ccc2O1. The van der Waals surface area contributed by atoms with Gasteiger partial charge in [-0.05, 0) is 36.1 Å². The molecule has 0 aliphatic carbocycles. The van der Waals surface area contributed by atoms with Crippen LogP contribution in [0.15, 0.2) is 22.7 Å². The van der Waals surface area contributed by atoms with Gasteiger partial charge in [-0.15, -0.1) is 0 Å². The Hall–Kier alpha value is -0.190. The lowest BCUT2D eigenvalue weighted by atomic mass is 9.96. The van der Waals surface area contributed by atoms with Gasteiger partial charge >= 0.3 is 0 Å². The zero-order valence-electron chi connectivity index (χ0n) is 9.99. The molecule has 2 unspecified atom stereocenters. The number of nitrogens with two attached hydrogens (primary N) is 1. The zero-order valence-corrected chi connectivity index (χ0v) is 12.4. The lowest BCUT2D eigenvalue weighted by Gasteiger charge is -2.30. The van der Waals surface area contributed by atoms with Gasteiger partial charge in [0.2, 0.25) is 0 Å². The molecule has 1 aliphatic heterocycles. The summed E-state index contributed by atoms with van der Waals surface area (Å²) in [7, 11) is 0. The average Bonchev–Trinajstić information content (AvgIpc) is 2.31. The number of benzene rings is 1. The Bertz CT molecular complexity index is 386. The lowest BCUT2D eigenvalue weighted by molar-refractivity contribution is 0.156. The van der Waals surface area contributed by atoms with Gasteiger partial charge in [-0.3, -0.25) is 0 Å². The molecule has 2 nitrogen and oxygen atoms in total. The number of thioether (sulfide) groups is 1. The van der Waals surface area contributed by atoms with Crippen molar-refractivity contribution < 1.29 is 4.74 Å². The summed E-state index contributed by atoms with van der Waals surface area (Å²) in [5, 5.41) is 0. The lowest BCUT2D eigenvalue weighted by Crippen LogP contribution is -2.30. The largest absolute Gasteiger partial charge is 0.490 e. The molecule has 4 heteroatoms. The molecule has 2 N–H and O–H groups in total. The van der Waals surface area contributed by atoms with Gasteiger partial charge in [0.05, 0.1) is 0 Å². The summed E-state index contributed by atoms with van der Waals surface area (Å²) in [6.07, 6.45) is 2.29. The van der Waals surface area contributed by atoms with Crippen molar-refractivity contribution >= 4 is 27.7 Å². The van der Waals surface area contributed by atoms with Crippen LogP contribution < -0.4 is 10.5 Å². The van der Waals surface area contributed by atoms with Crippen LogP contribution in [0.25, 0.3) is 0 Å². The highest BCUT2D eigenvalue weighted by molar-refractivity contribution is 9.10. The molecule has 0 saturated carbocycles. The molecule has 0 spiro atoms. The first-order valence-electron chi connectivity index (χ1n) is 6.00. The molecule has 0 amide bonds. The topological polar surface area (TPSA) is 35.2 Å². The first kappa shape index (κ1) is 13.2. The Morgan fingerprint density at radius 1 is 1.53 bits per heavy atom. The molecule has 1 aliphatic rings. The summed E-state index contributed by atoms with van der Waals surface area (Å²) >= 11 is 5.43. The predicted molar refractivity (Wildman–Crippen MR) is 77.7 cm³/mol. The van der Waals surface area contributed by atoms with Crippen molar-refractivity contribution in [2.75, 3.05) is 11.5 Å². The third kappa shape index (κ3) is 3.39. The molecule has 0 radical (unpaired) electrons. The van der Waals surface area contributed by atoms with E-state index in [1.165, 1.54) is 5.75 Å². The highest BCUT2D eigenvalue weighted by Gasteiger charge is 2.25. The Morgan fingerprint density at radius 3 is 3.12 bits per heavy atom. The normalized spacial score (nSPS) is 23.0. The van der Waals surface area contributed by atoms with Crippen molar-refractivity contribution in [2.45, 2.75) is 31.9 Å². The van der Waals surface area contributed by atoms with Gasteiger partial charge in [0, 0.05) is 22.5 Å². The summed E-state index contributed by atoms with van der Waals surface area (Å²) in [4.78, 5) is 0. The Balaban J connectivity index is 2.03. The van der Waals surface area contributed by atoms with Gasteiger partial charge in [0.25, 0.3) is 0 Å². The third-order valence-electron chi connectivity index (χ3n) is 2.97. The molecular formula is C13H18BrNOS. The van der Waals surface area contributed by atoms with Gasteiger partial charge in [-0.1, -0.05) is 22.9 Å². The highest BCUT2D eigenvalue weighted by Crippen LogP contribution is 2.36. The molecule has 2 atom stereocenters. The molecule has 2 rings (SSSR count). The monoisotopic (exact) mass is 315 g/mol. The fourth-order valence-electron chi connectivity index (χ4n) is 2.09. The number of hydrogen-bond donors (Lipinski definition) is 1. The third-order valence-corrected chi connectivity index (χ3v) is 4.40. The summed E-state index contributed by atoms with van der Waals surface area (Å²) in [6.45, 7) is 2.19. The van der Waals surface area contributed by atoms with Crippen LogP contribution in [0.1, 0.15) is 31.4 Å². The van der Waals surface area contributed by atoms with E-state index in [2.05, 4.69) is 28.9 Å². The van der Waals surface area contributed by atoms with E-state index in [4.69, 9.17) is 10.5 Å². The molecule has 17 heavy (non-hydrogen) atoms. The summed E-state index contributed by atoms with van der Waals surface area (Å²) in [6, 6.07) is 6.19. The van der Waals surface area contributed by atoms with Crippen LogP contribution in [0, 0.1) is 0 Å². The minimum Gasteiger partial charge on any atom is -0.490 e. The van der Waals surface area contributed by atoms with Crippen molar-refractivity contribution in [3.8, 4) is 5.75 Å². The molecule has 0 saturated heterocycles. The van der Waals surface area contributed by atoms with E-state index in [1.807, 2.05) is 23.9 Å². The summed E-state index contributed by atoms with van der Waals surface area (Å²) in [5.41, 5.74) is 7.33. The van der Waals surface area contributed by atoms with Crippen molar-refractivity contribution in [1.29, 1.82) is 0 Å². The Kier molecular flexibility index (Phi) is 4.77. The first-order chi connectivity index (χ1) is 8.20. The van der Waals surface area contributed by atoms with Crippen LogP contribution >= 0.6 is 27.7 Å². The van der Waals surface area contributed by atoms with Crippen LogP contribution in [-0.2, 0) is 0 Å². The van der Waals surface area contributed by atoms with E-state index in [1.54, 1.807) is 0 Å². The Labute approximate surface area is 115 Å². The summed E-state index contributed by atoms with van der Waals surface area (Å²) < 4.78 is 7.05. The van der Waals surface area contributed by atoms with E-state index >= 15 is 0 Å². The predicted octanol–water partition coefficient (Wildman–Crippen LogP) is 3.74. The van der Waals surface area contributed by atoms with E-state index in [9.17, 15) is 0 Å². The quantitative estimate of drug-likeness (QED) is 0.860. The second kappa shape index (κ2) is 6.12. The van der Waals surface area contributed by atoms with Crippen molar-refractivity contribution in [2.24, 2.45) is 5.73 Å². The maximum Gasteiger partial charge on any atom is 0.124 e. The van der Waals surface area contributed by atoms with Crippen molar-refractivity contribution in [3.63, 3.8) is 0 Å². The summed E-state index contributed by atoms with van der Waals surface area (Å²) in [5.74, 6) is 3.28. The Morgan fingerprint density at radius 2 is 2.35 bits per heavy atom. The standard InChI is InChI=1S/C13H18BrNOS/c1-2-17-6-5-10-8-12(15)11-7-9(14)3-4-13(11)16-10/h3-4,7,10,12H,2,5-6,8,15H2,1H3. The van der Waals surface area contributed by atoms with Gasteiger partial charge in [-0.25, -0.2) is 0 Å². The molecule has 94 valence electrons. The van der Waals surface area contributed by atoms with E-state index in [0.717, 1.165) is 34.4 Å². The molecule has 0 aromatic heterocycles. The van der Waals surface area contributed by atoms with E-state index in [0.29, 0.717) is 0 Å².